The van der Waals surface area contributed by atoms with Gasteiger partial charge in [-0.3, -0.25) is 4.99 Å². The summed E-state index contributed by atoms with van der Waals surface area (Å²) in [5.41, 5.74) is 0. The van der Waals surface area contributed by atoms with E-state index in [-0.39, 0.29) is 0 Å². The number of nitrogens with one attached hydrogen (secondary N) is 2. The van der Waals surface area contributed by atoms with Crippen molar-refractivity contribution in [3.63, 3.8) is 0 Å². The molecule has 5 heteroatoms. The Morgan fingerprint density at radius 1 is 1.30 bits per heavy atom. The number of unbranched alkanes of at least 4 members (excludes halogenated alkanes) is 1. The first-order valence-electron chi connectivity index (χ1n) is 7.40. The third-order valence-electron chi connectivity index (χ3n) is 2.84. The summed E-state index contributed by atoms with van der Waals surface area (Å²) < 4.78 is 10.3. The first-order valence-corrected chi connectivity index (χ1v) is 7.40. The minimum Gasteiger partial charge on any atom is -0.469 e. The second kappa shape index (κ2) is 11.3. The standard InChI is InChI=1S/C15H27N3O2/c1-3-4-9-16-15(17-10-6-12-19-2)18-11-8-14-7-5-13-20-14/h5,7,13H,3-4,6,8-12H2,1-2H3,(H2,16,17,18). The van der Waals surface area contributed by atoms with Crippen LogP contribution in [0.4, 0.5) is 0 Å². The first kappa shape index (κ1) is 16.6. The molecule has 0 aliphatic heterocycles. The third-order valence-corrected chi connectivity index (χ3v) is 2.84. The Morgan fingerprint density at radius 3 is 2.85 bits per heavy atom. The molecule has 0 aromatic carbocycles. The molecular formula is C15H27N3O2. The Morgan fingerprint density at radius 2 is 2.15 bits per heavy atom. The molecule has 0 saturated heterocycles. The molecule has 0 atom stereocenters. The van der Waals surface area contributed by atoms with Crippen molar-refractivity contribution in [2.75, 3.05) is 33.4 Å². The lowest BCUT2D eigenvalue weighted by atomic mass is 10.3. The second-order valence-corrected chi connectivity index (χ2v) is 4.61. The number of guanidine groups is 1. The van der Waals surface area contributed by atoms with E-state index in [1.807, 2.05) is 12.1 Å². The van der Waals surface area contributed by atoms with E-state index in [1.54, 1.807) is 13.4 Å². The van der Waals surface area contributed by atoms with Crippen molar-refractivity contribution < 1.29 is 9.15 Å². The van der Waals surface area contributed by atoms with Crippen LogP contribution < -0.4 is 10.6 Å². The van der Waals surface area contributed by atoms with Crippen LogP contribution in [0.1, 0.15) is 31.9 Å². The zero-order chi connectivity index (χ0) is 14.5. The number of hydrogen-bond donors (Lipinski definition) is 2. The van der Waals surface area contributed by atoms with Crippen molar-refractivity contribution >= 4 is 5.96 Å². The normalized spacial score (nSPS) is 11.6. The fourth-order valence-electron chi connectivity index (χ4n) is 1.72. The molecule has 1 heterocycles. The van der Waals surface area contributed by atoms with Crippen LogP contribution >= 0.6 is 0 Å². The molecule has 5 nitrogen and oxygen atoms in total. The predicted octanol–water partition coefficient (Wildman–Crippen LogP) is 2.19. The van der Waals surface area contributed by atoms with Crippen LogP contribution in [0, 0.1) is 0 Å². The number of rotatable bonds is 10. The SMILES string of the molecule is CCCCNC(=NCCCOC)NCCc1ccco1. The van der Waals surface area contributed by atoms with Gasteiger partial charge in [-0.15, -0.1) is 0 Å². The van der Waals surface area contributed by atoms with E-state index in [1.165, 1.54) is 6.42 Å². The Hall–Kier alpha value is -1.49. The summed E-state index contributed by atoms with van der Waals surface area (Å²) in [6, 6.07) is 3.90. The van der Waals surface area contributed by atoms with Crippen molar-refractivity contribution in [3.8, 4) is 0 Å². The summed E-state index contributed by atoms with van der Waals surface area (Å²) >= 11 is 0. The van der Waals surface area contributed by atoms with Crippen molar-refractivity contribution in [1.29, 1.82) is 0 Å². The van der Waals surface area contributed by atoms with Gasteiger partial charge in [0.2, 0.25) is 0 Å². The molecule has 1 aromatic heterocycles. The summed E-state index contributed by atoms with van der Waals surface area (Å²) in [6.07, 6.45) is 5.83. The van der Waals surface area contributed by atoms with Crippen LogP contribution in [0.25, 0.3) is 0 Å². The number of nitrogens with zero attached hydrogens (tertiary/aromatic N) is 1. The highest BCUT2D eigenvalue weighted by Gasteiger charge is 1.99. The molecule has 0 radical (unpaired) electrons. The van der Waals surface area contributed by atoms with Gasteiger partial charge >= 0.3 is 0 Å². The van der Waals surface area contributed by atoms with Crippen molar-refractivity contribution in [1.82, 2.24) is 10.6 Å². The fourth-order valence-corrected chi connectivity index (χ4v) is 1.72. The van der Waals surface area contributed by atoms with Crippen molar-refractivity contribution in [2.45, 2.75) is 32.6 Å². The van der Waals surface area contributed by atoms with Gasteiger partial charge in [0, 0.05) is 39.8 Å². The molecule has 0 bridgehead atoms. The highest BCUT2D eigenvalue weighted by atomic mass is 16.5. The fraction of sp³-hybridized carbons (Fsp3) is 0.667. The Bertz CT molecular complexity index is 350. The number of methoxy groups -OCH3 is 1. The van der Waals surface area contributed by atoms with E-state index in [4.69, 9.17) is 9.15 Å². The van der Waals surface area contributed by atoms with Gasteiger partial charge in [0.05, 0.1) is 6.26 Å². The van der Waals surface area contributed by atoms with E-state index in [0.717, 1.165) is 57.2 Å². The highest BCUT2D eigenvalue weighted by molar-refractivity contribution is 5.79. The second-order valence-electron chi connectivity index (χ2n) is 4.61. The molecule has 2 N–H and O–H groups in total. The average Bonchev–Trinajstić information content (AvgIpc) is 2.96. The van der Waals surface area contributed by atoms with Crippen LogP contribution in [-0.2, 0) is 11.2 Å². The minimum absolute atomic E-state index is 0.748. The van der Waals surface area contributed by atoms with Gasteiger partial charge in [0.1, 0.15) is 5.76 Å². The molecule has 114 valence electrons. The number of ether oxygens (including phenoxy) is 1. The smallest absolute Gasteiger partial charge is 0.191 e. The summed E-state index contributed by atoms with van der Waals surface area (Å²) in [5.74, 6) is 1.87. The molecule has 0 spiro atoms. The average molecular weight is 281 g/mol. The van der Waals surface area contributed by atoms with Crippen LogP contribution in [0.3, 0.4) is 0 Å². The molecule has 0 amide bonds. The molecule has 0 aliphatic carbocycles. The van der Waals surface area contributed by atoms with E-state index in [0.29, 0.717) is 0 Å². The van der Waals surface area contributed by atoms with Crippen LogP contribution in [0.15, 0.2) is 27.8 Å². The first-order chi connectivity index (χ1) is 9.86. The maximum Gasteiger partial charge on any atom is 0.191 e. The van der Waals surface area contributed by atoms with Crippen LogP contribution in [0.5, 0.6) is 0 Å². The lowest BCUT2D eigenvalue weighted by molar-refractivity contribution is 0.197. The summed E-state index contributed by atoms with van der Waals surface area (Å²) in [6.45, 7) is 5.47. The third kappa shape index (κ3) is 7.84. The van der Waals surface area contributed by atoms with Gasteiger partial charge in [0.15, 0.2) is 5.96 Å². The Labute approximate surface area is 121 Å². The maximum atomic E-state index is 5.31. The molecule has 0 aliphatic rings. The zero-order valence-corrected chi connectivity index (χ0v) is 12.7. The topological polar surface area (TPSA) is 58.8 Å². The van der Waals surface area contributed by atoms with Gasteiger partial charge in [-0.05, 0) is 25.0 Å². The molecule has 1 rings (SSSR count). The number of hydrogen-bond acceptors (Lipinski definition) is 3. The summed E-state index contributed by atoms with van der Waals surface area (Å²) in [7, 11) is 1.71. The predicted molar refractivity (Wildman–Crippen MR) is 82.1 cm³/mol. The van der Waals surface area contributed by atoms with E-state index >= 15 is 0 Å². The Kier molecular flexibility index (Phi) is 9.40. The van der Waals surface area contributed by atoms with Gasteiger partial charge < -0.3 is 19.8 Å². The molecule has 0 fully saturated rings. The minimum atomic E-state index is 0.748. The van der Waals surface area contributed by atoms with E-state index < -0.39 is 0 Å². The molecule has 0 unspecified atom stereocenters. The molecular weight excluding hydrogens is 254 g/mol. The largest absolute Gasteiger partial charge is 0.469 e. The lowest BCUT2D eigenvalue weighted by Gasteiger charge is -2.11. The van der Waals surface area contributed by atoms with Gasteiger partial charge in [-0.25, -0.2) is 0 Å². The van der Waals surface area contributed by atoms with E-state index in [9.17, 15) is 0 Å². The highest BCUT2D eigenvalue weighted by Crippen LogP contribution is 1.99. The summed E-state index contributed by atoms with van der Waals surface area (Å²) in [4.78, 5) is 4.54. The van der Waals surface area contributed by atoms with Gasteiger partial charge in [-0.2, -0.15) is 0 Å². The quantitative estimate of drug-likeness (QED) is 0.392. The molecule has 0 saturated carbocycles. The van der Waals surface area contributed by atoms with Gasteiger partial charge in [-0.1, -0.05) is 13.3 Å². The molecule has 20 heavy (non-hydrogen) atoms. The van der Waals surface area contributed by atoms with Gasteiger partial charge in [0.25, 0.3) is 0 Å². The van der Waals surface area contributed by atoms with E-state index in [2.05, 4.69) is 22.5 Å². The zero-order valence-electron chi connectivity index (χ0n) is 12.7. The monoisotopic (exact) mass is 281 g/mol. The van der Waals surface area contributed by atoms with Crippen LogP contribution in [-0.4, -0.2) is 39.3 Å². The maximum absolute atomic E-state index is 5.31. The number of furan rings is 1. The van der Waals surface area contributed by atoms with Crippen LogP contribution in [0.2, 0.25) is 0 Å². The lowest BCUT2D eigenvalue weighted by Crippen LogP contribution is -2.39. The summed E-state index contributed by atoms with van der Waals surface area (Å²) in [5, 5.41) is 6.68. The van der Waals surface area contributed by atoms with Crippen molar-refractivity contribution in [3.05, 3.63) is 24.2 Å². The Balaban J connectivity index is 2.28. The molecule has 1 aromatic rings. The van der Waals surface area contributed by atoms with Crippen molar-refractivity contribution in [2.24, 2.45) is 4.99 Å². The number of aliphatic imine (C=N–C) groups is 1.